The number of imidazole rings is 1. The van der Waals surface area contributed by atoms with Gasteiger partial charge in [-0.2, -0.15) is 13.2 Å². The molecule has 0 amide bonds. The molecule has 0 spiro atoms. The first kappa shape index (κ1) is 18.1. The monoisotopic (exact) mass is 381 g/mol. The zero-order chi connectivity index (χ0) is 18.9. The number of pyridine rings is 1. The number of nitrogens with zero attached hydrogens (tertiary/aromatic N) is 3. The van der Waals surface area contributed by atoms with Crippen LogP contribution in [0.1, 0.15) is 17.0 Å². The molecule has 0 unspecified atom stereocenters. The van der Waals surface area contributed by atoms with Gasteiger partial charge < -0.3 is 4.57 Å². The molecule has 3 aromatic rings. The fourth-order valence-electron chi connectivity index (χ4n) is 2.38. The maximum Gasteiger partial charge on any atom is 0.433 e. The lowest BCUT2D eigenvalue weighted by atomic mass is 10.1. The van der Waals surface area contributed by atoms with Crippen molar-refractivity contribution in [1.82, 2.24) is 14.5 Å². The summed E-state index contributed by atoms with van der Waals surface area (Å²) in [6.07, 6.45) is -1.55. The number of hydrogen-bond donors (Lipinski definition) is 0. The first-order chi connectivity index (χ1) is 12.2. The fourth-order valence-corrected chi connectivity index (χ4v) is 3.61. The summed E-state index contributed by atoms with van der Waals surface area (Å²) in [6.45, 7) is 0. The molecule has 2 aromatic heterocycles. The Bertz CT molecular complexity index is 1030. The van der Waals surface area contributed by atoms with Crippen LogP contribution in [0.2, 0.25) is 0 Å². The Labute approximate surface area is 148 Å². The van der Waals surface area contributed by atoms with Crippen LogP contribution in [0.5, 0.6) is 0 Å². The summed E-state index contributed by atoms with van der Waals surface area (Å²) >= 11 is 0. The minimum atomic E-state index is -4.50. The average molecular weight is 381 g/mol. The second kappa shape index (κ2) is 6.56. The van der Waals surface area contributed by atoms with Crippen molar-refractivity contribution >= 4 is 9.84 Å². The Balaban J connectivity index is 1.83. The zero-order valence-corrected chi connectivity index (χ0v) is 14.4. The van der Waals surface area contributed by atoms with Crippen LogP contribution in [0.4, 0.5) is 13.2 Å². The number of sulfone groups is 1. The molecule has 136 valence electrons. The van der Waals surface area contributed by atoms with Crippen LogP contribution in [-0.4, -0.2) is 23.0 Å². The van der Waals surface area contributed by atoms with Crippen molar-refractivity contribution in [2.75, 3.05) is 0 Å². The minimum absolute atomic E-state index is 0.0627. The standard InChI is InChI=1S/C17H14F3N3O2S/c1-23-10-16(21-11-23)26(24,25)14-7-5-12(6-8-14)9-13-3-2-4-15(22-13)17(18,19)20/h2-8,10-11H,9H2,1H3. The average Bonchev–Trinajstić information content (AvgIpc) is 3.02. The normalized spacial score (nSPS) is 12.3. The number of alkyl halides is 3. The molecule has 0 atom stereocenters. The van der Waals surface area contributed by atoms with Gasteiger partial charge >= 0.3 is 6.18 Å². The molecule has 1 aromatic carbocycles. The Hall–Kier alpha value is -2.68. The molecule has 0 radical (unpaired) electrons. The van der Waals surface area contributed by atoms with Gasteiger partial charge in [0.15, 0.2) is 5.03 Å². The Morgan fingerprint density at radius 2 is 1.77 bits per heavy atom. The third kappa shape index (κ3) is 3.77. The van der Waals surface area contributed by atoms with E-state index < -0.39 is 21.7 Å². The van der Waals surface area contributed by atoms with E-state index in [1.165, 1.54) is 41.4 Å². The predicted octanol–water partition coefficient (Wildman–Crippen LogP) is 3.26. The highest BCUT2D eigenvalue weighted by Gasteiger charge is 2.32. The lowest BCUT2D eigenvalue weighted by Gasteiger charge is -2.08. The van der Waals surface area contributed by atoms with Gasteiger partial charge in [0, 0.05) is 25.4 Å². The molecule has 0 aliphatic carbocycles. The Morgan fingerprint density at radius 1 is 1.08 bits per heavy atom. The second-order valence-electron chi connectivity index (χ2n) is 5.71. The molecule has 2 heterocycles. The summed E-state index contributed by atoms with van der Waals surface area (Å²) in [5.41, 5.74) is -0.0543. The third-order valence-electron chi connectivity index (χ3n) is 3.67. The Morgan fingerprint density at radius 3 is 2.35 bits per heavy atom. The van der Waals surface area contributed by atoms with E-state index in [-0.39, 0.29) is 22.0 Å². The van der Waals surface area contributed by atoms with Crippen molar-refractivity contribution in [3.63, 3.8) is 0 Å². The van der Waals surface area contributed by atoms with Gasteiger partial charge in [-0.1, -0.05) is 18.2 Å². The predicted molar refractivity (Wildman–Crippen MR) is 87.1 cm³/mol. The van der Waals surface area contributed by atoms with Gasteiger partial charge in [0.25, 0.3) is 0 Å². The zero-order valence-electron chi connectivity index (χ0n) is 13.6. The van der Waals surface area contributed by atoms with Crippen LogP contribution in [-0.2, 0) is 29.5 Å². The number of benzene rings is 1. The highest BCUT2D eigenvalue weighted by Crippen LogP contribution is 2.28. The quantitative estimate of drug-likeness (QED) is 0.696. The molecular weight excluding hydrogens is 367 g/mol. The molecule has 0 saturated heterocycles. The van der Waals surface area contributed by atoms with E-state index in [2.05, 4.69) is 9.97 Å². The van der Waals surface area contributed by atoms with E-state index in [4.69, 9.17) is 0 Å². The smallest absolute Gasteiger partial charge is 0.339 e. The first-order valence-corrected chi connectivity index (χ1v) is 9.00. The number of aryl methyl sites for hydroxylation is 1. The summed E-state index contributed by atoms with van der Waals surface area (Å²) in [7, 11) is -2.07. The molecule has 0 fully saturated rings. The second-order valence-corrected chi connectivity index (χ2v) is 7.61. The lowest BCUT2D eigenvalue weighted by molar-refractivity contribution is -0.141. The fraction of sp³-hybridized carbons (Fsp3) is 0.176. The highest BCUT2D eigenvalue weighted by molar-refractivity contribution is 7.91. The van der Waals surface area contributed by atoms with E-state index in [9.17, 15) is 21.6 Å². The number of hydrogen-bond acceptors (Lipinski definition) is 4. The van der Waals surface area contributed by atoms with E-state index in [1.807, 2.05) is 0 Å². The third-order valence-corrected chi connectivity index (χ3v) is 5.33. The van der Waals surface area contributed by atoms with Crippen LogP contribution in [0, 0.1) is 0 Å². The summed E-state index contributed by atoms with van der Waals surface area (Å²) < 4.78 is 64.6. The lowest BCUT2D eigenvalue weighted by Crippen LogP contribution is -2.09. The molecule has 0 aliphatic heterocycles. The first-order valence-electron chi connectivity index (χ1n) is 7.51. The van der Waals surface area contributed by atoms with Crippen LogP contribution < -0.4 is 0 Å². The van der Waals surface area contributed by atoms with Gasteiger partial charge in [-0.15, -0.1) is 0 Å². The molecule has 26 heavy (non-hydrogen) atoms. The maximum atomic E-state index is 12.7. The summed E-state index contributed by atoms with van der Waals surface area (Å²) in [5.74, 6) is 0. The van der Waals surface area contributed by atoms with E-state index >= 15 is 0 Å². The Kier molecular flexibility index (Phi) is 4.57. The SMILES string of the molecule is Cn1cnc(S(=O)(=O)c2ccc(Cc3cccc(C(F)(F)F)n3)cc2)c1. The van der Waals surface area contributed by atoms with Crippen LogP contribution >= 0.6 is 0 Å². The van der Waals surface area contributed by atoms with Gasteiger partial charge in [-0.05, 0) is 29.8 Å². The molecule has 5 nitrogen and oxygen atoms in total. The van der Waals surface area contributed by atoms with E-state index in [0.717, 1.165) is 6.07 Å². The summed E-state index contributed by atoms with van der Waals surface area (Å²) in [6, 6.07) is 9.63. The van der Waals surface area contributed by atoms with Crippen molar-refractivity contribution in [2.45, 2.75) is 22.5 Å². The van der Waals surface area contributed by atoms with Crippen molar-refractivity contribution in [3.05, 3.63) is 71.9 Å². The van der Waals surface area contributed by atoms with Crippen LogP contribution in [0.3, 0.4) is 0 Å². The number of rotatable bonds is 4. The van der Waals surface area contributed by atoms with Gasteiger partial charge in [-0.3, -0.25) is 0 Å². The molecular formula is C17H14F3N3O2S. The molecule has 0 bridgehead atoms. The van der Waals surface area contributed by atoms with Crippen LogP contribution in [0.25, 0.3) is 0 Å². The summed E-state index contributed by atoms with van der Waals surface area (Å²) in [4.78, 5) is 7.52. The number of halogens is 3. The molecule has 3 rings (SSSR count). The van der Waals surface area contributed by atoms with Gasteiger partial charge in [0.2, 0.25) is 9.84 Å². The largest absolute Gasteiger partial charge is 0.433 e. The molecule has 0 N–H and O–H groups in total. The molecule has 0 aliphatic rings. The highest BCUT2D eigenvalue weighted by atomic mass is 32.2. The van der Waals surface area contributed by atoms with E-state index in [1.54, 1.807) is 19.2 Å². The van der Waals surface area contributed by atoms with Crippen molar-refractivity contribution in [3.8, 4) is 0 Å². The molecule has 9 heteroatoms. The minimum Gasteiger partial charge on any atom is -0.339 e. The van der Waals surface area contributed by atoms with E-state index in [0.29, 0.717) is 5.56 Å². The van der Waals surface area contributed by atoms with Crippen molar-refractivity contribution in [1.29, 1.82) is 0 Å². The van der Waals surface area contributed by atoms with Gasteiger partial charge in [0.05, 0.1) is 11.2 Å². The molecule has 0 saturated carbocycles. The summed E-state index contributed by atoms with van der Waals surface area (Å²) in [5, 5.41) is -0.0627. The topological polar surface area (TPSA) is 64.8 Å². The van der Waals surface area contributed by atoms with Crippen molar-refractivity contribution in [2.24, 2.45) is 7.05 Å². The van der Waals surface area contributed by atoms with Gasteiger partial charge in [-0.25, -0.2) is 18.4 Å². The number of aromatic nitrogens is 3. The van der Waals surface area contributed by atoms with Gasteiger partial charge in [0.1, 0.15) is 5.69 Å². The van der Waals surface area contributed by atoms with Crippen LogP contribution in [0.15, 0.2) is 64.9 Å². The van der Waals surface area contributed by atoms with Crippen molar-refractivity contribution < 1.29 is 21.6 Å². The maximum absolute atomic E-state index is 12.7.